The molecule has 0 heterocycles. The highest BCUT2D eigenvalue weighted by molar-refractivity contribution is 5.82. The zero-order valence-electron chi connectivity index (χ0n) is 9.49. The summed E-state index contributed by atoms with van der Waals surface area (Å²) in [6, 6.07) is 0. The third-order valence-corrected chi connectivity index (χ3v) is 1.96. The van der Waals surface area contributed by atoms with Crippen LogP contribution in [-0.4, -0.2) is 37.0 Å². The molecule has 0 aromatic carbocycles. The second-order valence-electron chi connectivity index (χ2n) is 3.22. The topological polar surface area (TPSA) is 46.6 Å². The first kappa shape index (κ1) is 13.7. The summed E-state index contributed by atoms with van der Waals surface area (Å²) in [5.74, 6) is -0.405. The van der Waals surface area contributed by atoms with Crippen LogP contribution in [0.1, 0.15) is 26.2 Å². The van der Waals surface area contributed by atoms with E-state index in [1.165, 1.54) is 12.0 Å². The Balaban J connectivity index is 4.17. The van der Waals surface area contributed by atoms with E-state index in [1.54, 1.807) is 6.08 Å². The van der Waals surface area contributed by atoms with Crippen molar-refractivity contribution in [3.05, 3.63) is 12.7 Å². The maximum Gasteiger partial charge on any atom is 0.325 e. The van der Waals surface area contributed by atoms with Crippen LogP contribution in [0.3, 0.4) is 0 Å². The van der Waals surface area contributed by atoms with Gasteiger partial charge in [-0.3, -0.25) is 9.59 Å². The van der Waals surface area contributed by atoms with Crippen molar-refractivity contribution in [1.29, 1.82) is 0 Å². The highest BCUT2D eigenvalue weighted by Crippen LogP contribution is 2.00. The number of allylic oxidation sites excluding steroid dienone is 1. The predicted molar refractivity (Wildman–Crippen MR) is 58.3 cm³/mol. The first-order valence-corrected chi connectivity index (χ1v) is 5.11. The van der Waals surface area contributed by atoms with E-state index in [-0.39, 0.29) is 18.4 Å². The minimum Gasteiger partial charge on any atom is -0.468 e. The van der Waals surface area contributed by atoms with Crippen molar-refractivity contribution in [3.63, 3.8) is 0 Å². The lowest BCUT2D eigenvalue weighted by molar-refractivity contribution is -0.147. The SMILES string of the molecule is C=CCCC(=O)N(CCC)CC(=O)OC. The maximum atomic E-state index is 11.6. The molecule has 15 heavy (non-hydrogen) atoms. The van der Waals surface area contributed by atoms with Crippen LogP contribution in [-0.2, 0) is 14.3 Å². The predicted octanol–water partition coefficient (Wildman–Crippen LogP) is 1.36. The molecule has 0 fully saturated rings. The Kier molecular flexibility index (Phi) is 7.32. The molecule has 0 radical (unpaired) electrons. The van der Waals surface area contributed by atoms with Crippen molar-refractivity contribution >= 4 is 11.9 Å². The van der Waals surface area contributed by atoms with Crippen molar-refractivity contribution in [3.8, 4) is 0 Å². The van der Waals surface area contributed by atoms with Crippen LogP contribution in [0.25, 0.3) is 0 Å². The van der Waals surface area contributed by atoms with Gasteiger partial charge in [-0.25, -0.2) is 0 Å². The Morgan fingerprint density at radius 2 is 2.13 bits per heavy atom. The highest BCUT2D eigenvalue weighted by atomic mass is 16.5. The number of hydrogen-bond acceptors (Lipinski definition) is 3. The smallest absolute Gasteiger partial charge is 0.325 e. The van der Waals surface area contributed by atoms with Gasteiger partial charge in [0.05, 0.1) is 7.11 Å². The number of nitrogens with zero attached hydrogens (tertiary/aromatic N) is 1. The van der Waals surface area contributed by atoms with Gasteiger partial charge in [-0.05, 0) is 12.8 Å². The molecule has 0 aromatic rings. The summed E-state index contributed by atoms with van der Waals surface area (Å²) in [5.41, 5.74) is 0. The molecule has 86 valence electrons. The van der Waals surface area contributed by atoms with Gasteiger partial charge in [0.2, 0.25) is 5.91 Å². The van der Waals surface area contributed by atoms with Gasteiger partial charge < -0.3 is 9.64 Å². The van der Waals surface area contributed by atoms with Crippen LogP contribution >= 0.6 is 0 Å². The number of rotatable bonds is 7. The molecule has 0 unspecified atom stereocenters. The van der Waals surface area contributed by atoms with Crippen molar-refractivity contribution in [2.45, 2.75) is 26.2 Å². The van der Waals surface area contributed by atoms with Crippen LogP contribution in [0.4, 0.5) is 0 Å². The second-order valence-corrected chi connectivity index (χ2v) is 3.22. The molecule has 0 aromatic heterocycles. The molecule has 0 atom stereocenters. The number of carbonyl (C=O) groups excluding carboxylic acids is 2. The summed E-state index contributed by atoms with van der Waals surface area (Å²) in [6.45, 7) is 6.15. The Bertz CT molecular complexity index is 226. The first-order chi connectivity index (χ1) is 7.15. The van der Waals surface area contributed by atoms with Gasteiger partial charge in [-0.1, -0.05) is 13.0 Å². The quantitative estimate of drug-likeness (QED) is 0.474. The zero-order chi connectivity index (χ0) is 11.7. The van der Waals surface area contributed by atoms with Gasteiger partial charge in [-0.2, -0.15) is 0 Å². The molecule has 4 heteroatoms. The fraction of sp³-hybridized carbons (Fsp3) is 0.636. The summed E-state index contributed by atoms with van der Waals surface area (Å²) in [5, 5.41) is 0. The molecular weight excluding hydrogens is 194 g/mol. The van der Waals surface area contributed by atoms with Crippen LogP contribution in [0, 0.1) is 0 Å². The van der Waals surface area contributed by atoms with E-state index in [0.29, 0.717) is 19.4 Å². The molecule has 0 saturated carbocycles. The number of carbonyl (C=O) groups is 2. The average Bonchev–Trinajstić information content (AvgIpc) is 2.24. The Morgan fingerprint density at radius 3 is 2.60 bits per heavy atom. The summed E-state index contributed by atoms with van der Waals surface area (Å²) in [4.78, 5) is 24.2. The van der Waals surface area contributed by atoms with E-state index >= 15 is 0 Å². The third-order valence-electron chi connectivity index (χ3n) is 1.96. The van der Waals surface area contributed by atoms with Gasteiger partial charge in [0.1, 0.15) is 6.54 Å². The van der Waals surface area contributed by atoms with Crippen molar-refractivity contribution in [1.82, 2.24) is 4.90 Å². The van der Waals surface area contributed by atoms with Crippen molar-refractivity contribution < 1.29 is 14.3 Å². The first-order valence-electron chi connectivity index (χ1n) is 5.11. The Labute approximate surface area is 90.9 Å². The standard InChI is InChI=1S/C11H19NO3/c1-4-6-7-10(13)12(8-5-2)9-11(14)15-3/h4H,1,5-9H2,2-3H3. The molecule has 0 aliphatic carbocycles. The lowest BCUT2D eigenvalue weighted by atomic mass is 10.2. The molecule has 4 nitrogen and oxygen atoms in total. The van der Waals surface area contributed by atoms with E-state index in [9.17, 15) is 9.59 Å². The Morgan fingerprint density at radius 1 is 1.47 bits per heavy atom. The molecule has 0 aliphatic rings. The monoisotopic (exact) mass is 213 g/mol. The minimum atomic E-state index is -0.379. The average molecular weight is 213 g/mol. The maximum absolute atomic E-state index is 11.6. The summed E-state index contributed by atoms with van der Waals surface area (Å²) < 4.78 is 4.53. The summed E-state index contributed by atoms with van der Waals surface area (Å²) in [6.07, 6.45) is 3.57. The minimum absolute atomic E-state index is 0.0258. The largest absolute Gasteiger partial charge is 0.468 e. The fourth-order valence-electron chi connectivity index (χ4n) is 1.17. The van der Waals surface area contributed by atoms with E-state index in [2.05, 4.69) is 11.3 Å². The van der Waals surface area contributed by atoms with Crippen molar-refractivity contribution in [2.24, 2.45) is 0 Å². The van der Waals surface area contributed by atoms with Crippen LogP contribution in [0.15, 0.2) is 12.7 Å². The number of hydrogen-bond donors (Lipinski definition) is 0. The Hall–Kier alpha value is -1.32. The molecule has 0 bridgehead atoms. The van der Waals surface area contributed by atoms with Gasteiger partial charge in [0, 0.05) is 13.0 Å². The number of methoxy groups -OCH3 is 1. The van der Waals surface area contributed by atoms with Crippen LogP contribution < -0.4 is 0 Å². The van der Waals surface area contributed by atoms with E-state index in [1.807, 2.05) is 6.92 Å². The molecule has 0 aliphatic heterocycles. The molecule has 0 saturated heterocycles. The van der Waals surface area contributed by atoms with Gasteiger partial charge >= 0.3 is 5.97 Å². The highest BCUT2D eigenvalue weighted by Gasteiger charge is 2.15. The lowest BCUT2D eigenvalue weighted by Crippen LogP contribution is -2.36. The summed E-state index contributed by atoms with van der Waals surface area (Å²) in [7, 11) is 1.32. The molecule has 0 spiro atoms. The molecular formula is C11H19NO3. The molecule has 1 amide bonds. The van der Waals surface area contributed by atoms with Crippen LogP contribution in [0.2, 0.25) is 0 Å². The van der Waals surface area contributed by atoms with Crippen molar-refractivity contribution in [2.75, 3.05) is 20.2 Å². The number of esters is 1. The van der Waals surface area contributed by atoms with Gasteiger partial charge in [0.15, 0.2) is 0 Å². The van der Waals surface area contributed by atoms with Gasteiger partial charge in [0.25, 0.3) is 0 Å². The zero-order valence-corrected chi connectivity index (χ0v) is 9.49. The molecule has 0 rings (SSSR count). The lowest BCUT2D eigenvalue weighted by Gasteiger charge is -2.20. The fourth-order valence-corrected chi connectivity index (χ4v) is 1.17. The number of ether oxygens (including phenoxy) is 1. The second kappa shape index (κ2) is 8.03. The van der Waals surface area contributed by atoms with E-state index in [0.717, 1.165) is 6.42 Å². The van der Waals surface area contributed by atoms with Crippen LogP contribution in [0.5, 0.6) is 0 Å². The molecule has 0 N–H and O–H groups in total. The third kappa shape index (κ3) is 5.88. The van der Waals surface area contributed by atoms with E-state index in [4.69, 9.17) is 0 Å². The van der Waals surface area contributed by atoms with Gasteiger partial charge in [-0.15, -0.1) is 6.58 Å². The number of amides is 1. The van der Waals surface area contributed by atoms with E-state index < -0.39 is 0 Å². The summed E-state index contributed by atoms with van der Waals surface area (Å²) >= 11 is 0. The normalized spacial score (nSPS) is 9.47.